The summed E-state index contributed by atoms with van der Waals surface area (Å²) in [6, 6.07) is 4.89. The molecule has 1 N–H and O–H groups in total. The molecule has 7 nitrogen and oxygen atoms in total. The first-order valence-corrected chi connectivity index (χ1v) is 8.33. The number of nitrogens with zero attached hydrogens (tertiary/aromatic N) is 5. The van der Waals surface area contributed by atoms with Gasteiger partial charge in [0.1, 0.15) is 12.4 Å². The van der Waals surface area contributed by atoms with Gasteiger partial charge in [0.25, 0.3) is 5.91 Å². The zero-order chi connectivity index (χ0) is 18.0. The van der Waals surface area contributed by atoms with Crippen LogP contribution in [0.1, 0.15) is 24.1 Å². The van der Waals surface area contributed by atoms with Gasteiger partial charge in [-0.1, -0.05) is 29.3 Å². The van der Waals surface area contributed by atoms with Crippen LogP contribution in [0.15, 0.2) is 36.9 Å². The van der Waals surface area contributed by atoms with E-state index in [2.05, 4.69) is 20.5 Å². The maximum atomic E-state index is 12.3. The van der Waals surface area contributed by atoms with Gasteiger partial charge in [0, 0.05) is 6.20 Å². The maximum Gasteiger partial charge on any atom is 0.251 e. The van der Waals surface area contributed by atoms with Crippen molar-refractivity contribution >= 4 is 35.1 Å². The first kappa shape index (κ1) is 17.4. The second-order valence-electron chi connectivity index (χ2n) is 5.68. The van der Waals surface area contributed by atoms with Crippen molar-refractivity contribution in [2.75, 3.05) is 5.32 Å². The number of carbonyl (C=O) groups excluding carboxylic acids is 1. The van der Waals surface area contributed by atoms with Crippen LogP contribution in [0.3, 0.4) is 0 Å². The summed E-state index contributed by atoms with van der Waals surface area (Å²) in [6.45, 7) is 4.14. The maximum absolute atomic E-state index is 12.3. The molecule has 130 valence electrons. The fourth-order valence-electron chi connectivity index (χ4n) is 2.23. The lowest BCUT2D eigenvalue weighted by Crippen LogP contribution is -2.24. The van der Waals surface area contributed by atoms with Crippen LogP contribution >= 0.6 is 23.2 Å². The number of rotatable bonds is 5. The Hall–Kier alpha value is -2.38. The summed E-state index contributed by atoms with van der Waals surface area (Å²) in [4.78, 5) is 16.4. The molecule has 0 aliphatic carbocycles. The zero-order valence-corrected chi connectivity index (χ0v) is 15.2. The molecule has 0 saturated carbocycles. The second kappa shape index (κ2) is 7.25. The molecule has 0 bridgehead atoms. The predicted octanol–water partition coefficient (Wildman–Crippen LogP) is 3.34. The highest BCUT2D eigenvalue weighted by atomic mass is 35.5. The molecular weight excluding hydrogens is 363 g/mol. The van der Waals surface area contributed by atoms with E-state index < -0.39 is 6.04 Å². The quantitative estimate of drug-likeness (QED) is 0.738. The lowest BCUT2D eigenvalue weighted by atomic mass is 10.2. The summed E-state index contributed by atoms with van der Waals surface area (Å²) in [5, 5.41) is 12.1. The summed E-state index contributed by atoms with van der Waals surface area (Å²) >= 11 is 11.9. The predicted molar refractivity (Wildman–Crippen MR) is 95.9 cm³/mol. The molecular formula is C16H16Cl2N6O. The van der Waals surface area contributed by atoms with Crippen molar-refractivity contribution in [3.63, 3.8) is 0 Å². The number of nitrogens with one attached hydrogen (secondary N) is 1. The van der Waals surface area contributed by atoms with E-state index >= 15 is 0 Å². The summed E-state index contributed by atoms with van der Waals surface area (Å²) in [5.41, 5.74) is 1.92. The number of carbonyl (C=O) groups is 1. The highest BCUT2D eigenvalue weighted by molar-refractivity contribution is 6.42. The van der Waals surface area contributed by atoms with Gasteiger partial charge in [-0.15, -0.1) is 5.10 Å². The Bertz CT molecular complexity index is 904. The third-order valence-electron chi connectivity index (χ3n) is 3.61. The van der Waals surface area contributed by atoms with Crippen molar-refractivity contribution in [3.05, 3.63) is 58.1 Å². The molecule has 0 fully saturated rings. The van der Waals surface area contributed by atoms with E-state index in [-0.39, 0.29) is 11.9 Å². The van der Waals surface area contributed by atoms with Crippen LogP contribution in [0.25, 0.3) is 0 Å². The fourth-order valence-corrected chi connectivity index (χ4v) is 2.55. The van der Waals surface area contributed by atoms with Gasteiger partial charge in [-0.25, -0.2) is 9.67 Å². The number of hydrogen-bond donors (Lipinski definition) is 1. The fraction of sp³-hybridized carbons (Fsp3) is 0.250. The van der Waals surface area contributed by atoms with Gasteiger partial charge < -0.3 is 0 Å². The highest BCUT2D eigenvalue weighted by Crippen LogP contribution is 2.23. The third kappa shape index (κ3) is 4.18. The molecule has 0 aliphatic heterocycles. The normalized spacial score (nSPS) is 12.2. The van der Waals surface area contributed by atoms with E-state index in [0.717, 1.165) is 11.1 Å². The molecule has 1 unspecified atom stereocenters. The number of hydrogen-bond acceptors (Lipinski definition) is 4. The molecule has 0 aliphatic rings. The van der Waals surface area contributed by atoms with E-state index in [4.69, 9.17) is 23.2 Å². The second-order valence-corrected chi connectivity index (χ2v) is 6.49. The lowest BCUT2D eigenvalue weighted by Gasteiger charge is -2.10. The smallest absolute Gasteiger partial charge is 0.251 e. The average molecular weight is 379 g/mol. The molecule has 25 heavy (non-hydrogen) atoms. The first-order valence-electron chi connectivity index (χ1n) is 7.57. The minimum Gasteiger partial charge on any atom is -0.291 e. The lowest BCUT2D eigenvalue weighted by molar-refractivity contribution is -0.119. The number of amides is 1. The Labute approximate surface area is 154 Å². The van der Waals surface area contributed by atoms with Crippen LogP contribution in [0, 0.1) is 6.92 Å². The zero-order valence-electron chi connectivity index (χ0n) is 13.6. The molecule has 0 saturated heterocycles. The first-order chi connectivity index (χ1) is 11.9. The van der Waals surface area contributed by atoms with Crippen molar-refractivity contribution in [3.8, 4) is 0 Å². The number of anilines is 1. The monoisotopic (exact) mass is 378 g/mol. The van der Waals surface area contributed by atoms with E-state index in [0.29, 0.717) is 16.6 Å². The molecule has 3 rings (SSSR count). The molecule has 2 heterocycles. The molecule has 1 aromatic carbocycles. The summed E-state index contributed by atoms with van der Waals surface area (Å²) in [7, 11) is 0. The molecule has 0 spiro atoms. The minimum absolute atomic E-state index is 0.237. The van der Waals surface area contributed by atoms with Gasteiger partial charge in [-0.05, 0) is 37.1 Å². The Balaban J connectivity index is 1.64. The summed E-state index contributed by atoms with van der Waals surface area (Å²) in [6.07, 6.45) is 5.05. The SMILES string of the molecule is Cc1cnn(C(C)C(=O)Nc2ncn(Cc3ccc(Cl)c(Cl)c3)n2)c1. The van der Waals surface area contributed by atoms with E-state index in [1.54, 1.807) is 47.1 Å². The van der Waals surface area contributed by atoms with Crippen molar-refractivity contribution in [1.82, 2.24) is 24.5 Å². The van der Waals surface area contributed by atoms with Crippen molar-refractivity contribution in [2.24, 2.45) is 0 Å². The Kier molecular flexibility index (Phi) is 5.06. The molecule has 1 amide bonds. The third-order valence-corrected chi connectivity index (χ3v) is 4.35. The van der Waals surface area contributed by atoms with Crippen LogP contribution in [-0.4, -0.2) is 30.5 Å². The van der Waals surface area contributed by atoms with Gasteiger partial charge in [-0.3, -0.25) is 14.8 Å². The molecule has 9 heteroatoms. The largest absolute Gasteiger partial charge is 0.291 e. The number of halogens is 2. The number of benzene rings is 1. The minimum atomic E-state index is -0.462. The number of aromatic nitrogens is 5. The van der Waals surface area contributed by atoms with E-state index in [9.17, 15) is 4.79 Å². The Morgan fingerprint density at radius 1 is 1.32 bits per heavy atom. The van der Waals surface area contributed by atoms with Crippen LogP contribution in [0.4, 0.5) is 5.95 Å². The van der Waals surface area contributed by atoms with Gasteiger partial charge >= 0.3 is 0 Å². The standard InChI is InChI=1S/C16H16Cl2N6O/c1-10-6-20-24(7-10)11(2)15(25)21-16-19-9-23(22-16)8-12-3-4-13(17)14(18)5-12/h3-7,9,11H,8H2,1-2H3,(H,21,22,25). The van der Waals surface area contributed by atoms with Crippen molar-refractivity contribution in [2.45, 2.75) is 26.4 Å². The van der Waals surface area contributed by atoms with Gasteiger partial charge in [0.15, 0.2) is 0 Å². The molecule has 1 atom stereocenters. The molecule has 2 aromatic heterocycles. The summed E-state index contributed by atoms with van der Waals surface area (Å²) in [5.74, 6) is -0.00354. The number of aryl methyl sites for hydroxylation is 1. The van der Waals surface area contributed by atoms with E-state index in [1.807, 2.05) is 13.0 Å². The summed E-state index contributed by atoms with van der Waals surface area (Å²) < 4.78 is 3.20. The Morgan fingerprint density at radius 2 is 2.12 bits per heavy atom. The van der Waals surface area contributed by atoms with Gasteiger partial charge in [-0.2, -0.15) is 5.10 Å². The van der Waals surface area contributed by atoms with E-state index in [1.165, 1.54) is 0 Å². The van der Waals surface area contributed by atoms with Crippen LogP contribution in [-0.2, 0) is 11.3 Å². The highest BCUT2D eigenvalue weighted by Gasteiger charge is 2.17. The van der Waals surface area contributed by atoms with Crippen LogP contribution in [0.2, 0.25) is 10.0 Å². The van der Waals surface area contributed by atoms with Crippen LogP contribution in [0.5, 0.6) is 0 Å². The van der Waals surface area contributed by atoms with Crippen molar-refractivity contribution in [1.29, 1.82) is 0 Å². The Morgan fingerprint density at radius 3 is 2.80 bits per heavy atom. The average Bonchev–Trinajstić information content (AvgIpc) is 3.19. The molecule has 0 radical (unpaired) electrons. The van der Waals surface area contributed by atoms with Crippen LogP contribution < -0.4 is 5.32 Å². The topological polar surface area (TPSA) is 77.6 Å². The van der Waals surface area contributed by atoms with Gasteiger partial charge in [0.05, 0.1) is 22.8 Å². The van der Waals surface area contributed by atoms with Gasteiger partial charge in [0.2, 0.25) is 5.95 Å². The molecule has 3 aromatic rings. The van der Waals surface area contributed by atoms with Crippen molar-refractivity contribution < 1.29 is 4.79 Å².